The molecule has 3 rings (SSSR count). The fraction of sp³-hybridized carbons (Fsp3) is 0.438. The number of methoxy groups -OCH3 is 1. The maximum absolute atomic E-state index is 9.63. The third kappa shape index (κ3) is 2.99. The number of rotatable bonds is 5. The molecule has 6 nitrogen and oxygen atoms in total. The summed E-state index contributed by atoms with van der Waals surface area (Å²) in [6.07, 6.45) is 0.165. The first kappa shape index (κ1) is 15.0. The zero-order chi connectivity index (χ0) is 15.5. The van der Waals surface area contributed by atoms with Crippen molar-refractivity contribution < 1.29 is 14.9 Å². The quantitative estimate of drug-likeness (QED) is 0.761. The molecule has 118 valence electrons. The summed E-state index contributed by atoms with van der Waals surface area (Å²) in [6, 6.07) is 7.84. The summed E-state index contributed by atoms with van der Waals surface area (Å²) in [5.41, 5.74) is 4.25. The Labute approximate surface area is 129 Å². The molecule has 1 aliphatic heterocycles. The highest BCUT2D eigenvalue weighted by Crippen LogP contribution is 2.30. The van der Waals surface area contributed by atoms with Crippen LogP contribution in [0.5, 0.6) is 5.75 Å². The average molecular weight is 303 g/mol. The number of nitrogens with one attached hydrogen (secondary N) is 1. The van der Waals surface area contributed by atoms with Gasteiger partial charge in [-0.2, -0.15) is 5.10 Å². The van der Waals surface area contributed by atoms with Crippen LogP contribution in [0.25, 0.3) is 11.3 Å². The first-order valence-electron chi connectivity index (χ1n) is 7.43. The van der Waals surface area contributed by atoms with Gasteiger partial charge in [-0.15, -0.1) is 0 Å². The third-order valence-corrected chi connectivity index (χ3v) is 4.04. The molecule has 1 aromatic carbocycles. The summed E-state index contributed by atoms with van der Waals surface area (Å²) in [6.45, 7) is 1.83. The van der Waals surface area contributed by atoms with Crippen LogP contribution in [0, 0.1) is 0 Å². The molecule has 1 aliphatic rings. The predicted molar refractivity (Wildman–Crippen MR) is 82.6 cm³/mol. The highest BCUT2D eigenvalue weighted by Gasteiger charge is 2.24. The number of nitrogens with zero attached hydrogens (tertiary/aromatic N) is 2. The largest absolute Gasteiger partial charge is 0.497 e. The van der Waals surface area contributed by atoms with Gasteiger partial charge in [0.2, 0.25) is 0 Å². The Morgan fingerprint density at radius 2 is 2.32 bits per heavy atom. The van der Waals surface area contributed by atoms with E-state index in [1.54, 1.807) is 7.11 Å². The van der Waals surface area contributed by atoms with Crippen molar-refractivity contribution in [3.63, 3.8) is 0 Å². The van der Waals surface area contributed by atoms with Crippen molar-refractivity contribution in [3.8, 4) is 17.0 Å². The van der Waals surface area contributed by atoms with E-state index in [0.717, 1.165) is 47.8 Å². The first-order valence-corrected chi connectivity index (χ1v) is 7.43. The van der Waals surface area contributed by atoms with Crippen LogP contribution in [0.3, 0.4) is 0 Å². The number of aromatic nitrogens is 2. The number of ether oxygens (including phenoxy) is 1. The Morgan fingerprint density at radius 3 is 3.09 bits per heavy atom. The van der Waals surface area contributed by atoms with Crippen LogP contribution in [0.1, 0.15) is 11.3 Å². The molecule has 0 spiro atoms. The SMILES string of the molecule is COc1cccc(-c2n[nH]c3c2CN(CC(O)CO)CC3)c1. The minimum Gasteiger partial charge on any atom is -0.497 e. The van der Waals surface area contributed by atoms with Gasteiger partial charge >= 0.3 is 0 Å². The smallest absolute Gasteiger partial charge is 0.119 e. The van der Waals surface area contributed by atoms with Crippen LogP contribution in [-0.4, -0.2) is 58.2 Å². The van der Waals surface area contributed by atoms with Crippen molar-refractivity contribution in [2.75, 3.05) is 26.8 Å². The molecule has 6 heteroatoms. The zero-order valence-electron chi connectivity index (χ0n) is 12.6. The standard InChI is InChI=1S/C16H21N3O3/c1-22-13-4-2-3-11(7-13)16-14-9-19(8-12(21)10-20)6-5-15(14)17-18-16/h2-4,7,12,20-21H,5-6,8-10H2,1H3,(H,17,18). The number of aromatic amines is 1. The van der Waals surface area contributed by atoms with E-state index >= 15 is 0 Å². The number of fused-ring (bicyclic) bond motifs is 1. The monoisotopic (exact) mass is 303 g/mol. The summed E-state index contributed by atoms with van der Waals surface area (Å²) >= 11 is 0. The average Bonchev–Trinajstić information content (AvgIpc) is 2.98. The van der Waals surface area contributed by atoms with E-state index in [0.29, 0.717) is 6.54 Å². The van der Waals surface area contributed by atoms with Crippen molar-refractivity contribution in [3.05, 3.63) is 35.5 Å². The second-order valence-corrected chi connectivity index (χ2v) is 5.58. The number of aliphatic hydroxyl groups is 2. The highest BCUT2D eigenvalue weighted by molar-refractivity contribution is 5.65. The Morgan fingerprint density at radius 1 is 1.45 bits per heavy atom. The predicted octanol–water partition coefficient (Wildman–Crippen LogP) is 0.797. The highest BCUT2D eigenvalue weighted by atomic mass is 16.5. The molecule has 0 fully saturated rings. The Balaban J connectivity index is 1.85. The lowest BCUT2D eigenvalue weighted by atomic mass is 10.0. The number of β-amino-alcohol motifs (C(OH)–C–C–N with tert-alkyl or cyclic N) is 1. The Kier molecular flexibility index (Phi) is 4.42. The lowest BCUT2D eigenvalue weighted by molar-refractivity contribution is 0.0551. The van der Waals surface area contributed by atoms with Gasteiger partial charge < -0.3 is 14.9 Å². The van der Waals surface area contributed by atoms with Gasteiger partial charge in [0.15, 0.2) is 0 Å². The summed E-state index contributed by atoms with van der Waals surface area (Å²) in [5.74, 6) is 0.803. The fourth-order valence-corrected chi connectivity index (χ4v) is 2.87. The summed E-state index contributed by atoms with van der Waals surface area (Å²) in [4.78, 5) is 2.14. The van der Waals surface area contributed by atoms with Crippen LogP contribution < -0.4 is 4.74 Å². The second-order valence-electron chi connectivity index (χ2n) is 5.58. The molecule has 2 aromatic rings. The van der Waals surface area contributed by atoms with Crippen LogP contribution in [0.2, 0.25) is 0 Å². The van der Waals surface area contributed by atoms with Gasteiger partial charge in [0.1, 0.15) is 5.75 Å². The number of benzene rings is 1. The molecule has 2 heterocycles. The van der Waals surface area contributed by atoms with Crippen molar-refractivity contribution in [2.24, 2.45) is 0 Å². The minimum absolute atomic E-state index is 0.211. The normalized spacial score (nSPS) is 16.3. The lowest BCUT2D eigenvalue weighted by Crippen LogP contribution is -2.37. The molecule has 3 N–H and O–H groups in total. The van der Waals surface area contributed by atoms with Gasteiger partial charge in [0.05, 0.1) is 25.5 Å². The van der Waals surface area contributed by atoms with Gasteiger partial charge in [0.25, 0.3) is 0 Å². The molecule has 0 radical (unpaired) electrons. The lowest BCUT2D eigenvalue weighted by Gasteiger charge is -2.28. The van der Waals surface area contributed by atoms with E-state index < -0.39 is 6.10 Å². The van der Waals surface area contributed by atoms with Crippen LogP contribution in [0.4, 0.5) is 0 Å². The van der Waals surface area contributed by atoms with Gasteiger partial charge in [0, 0.05) is 42.9 Å². The topological polar surface area (TPSA) is 81.6 Å². The van der Waals surface area contributed by atoms with Crippen molar-refractivity contribution >= 4 is 0 Å². The van der Waals surface area contributed by atoms with E-state index in [9.17, 15) is 5.11 Å². The maximum Gasteiger partial charge on any atom is 0.119 e. The molecule has 0 amide bonds. The van der Waals surface area contributed by atoms with Crippen molar-refractivity contribution in [2.45, 2.75) is 19.1 Å². The Bertz CT molecular complexity index is 641. The van der Waals surface area contributed by atoms with E-state index in [2.05, 4.69) is 15.1 Å². The van der Waals surface area contributed by atoms with Gasteiger partial charge in [-0.05, 0) is 12.1 Å². The van der Waals surface area contributed by atoms with Crippen LogP contribution in [-0.2, 0) is 13.0 Å². The second kappa shape index (κ2) is 6.48. The number of H-pyrrole nitrogens is 1. The molecule has 0 saturated carbocycles. The number of aliphatic hydroxyl groups excluding tert-OH is 2. The van der Waals surface area contributed by atoms with E-state index in [-0.39, 0.29) is 6.61 Å². The van der Waals surface area contributed by atoms with Gasteiger partial charge in [-0.3, -0.25) is 10.00 Å². The molecule has 1 aromatic heterocycles. The molecular formula is C16H21N3O3. The Hall–Kier alpha value is -1.89. The van der Waals surface area contributed by atoms with Crippen LogP contribution >= 0.6 is 0 Å². The van der Waals surface area contributed by atoms with E-state index in [1.165, 1.54) is 0 Å². The molecule has 1 atom stereocenters. The van der Waals surface area contributed by atoms with E-state index in [4.69, 9.17) is 9.84 Å². The third-order valence-electron chi connectivity index (χ3n) is 4.04. The zero-order valence-corrected chi connectivity index (χ0v) is 12.6. The molecule has 0 bridgehead atoms. The van der Waals surface area contributed by atoms with Gasteiger partial charge in [-0.25, -0.2) is 0 Å². The molecule has 0 aliphatic carbocycles. The maximum atomic E-state index is 9.63. The number of hydrogen-bond donors (Lipinski definition) is 3. The molecule has 0 saturated heterocycles. The summed E-state index contributed by atoms with van der Waals surface area (Å²) in [5, 5.41) is 26.2. The minimum atomic E-state index is -0.700. The first-order chi connectivity index (χ1) is 10.7. The molecule has 1 unspecified atom stereocenters. The van der Waals surface area contributed by atoms with Crippen molar-refractivity contribution in [1.82, 2.24) is 15.1 Å². The number of hydrogen-bond acceptors (Lipinski definition) is 5. The molecular weight excluding hydrogens is 282 g/mol. The van der Waals surface area contributed by atoms with Crippen LogP contribution in [0.15, 0.2) is 24.3 Å². The summed E-state index contributed by atoms with van der Waals surface area (Å²) in [7, 11) is 1.65. The van der Waals surface area contributed by atoms with Gasteiger partial charge in [-0.1, -0.05) is 12.1 Å². The molecule has 22 heavy (non-hydrogen) atoms. The fourth-order valence-electron chi connectivity index (χ4n) is 2.87. The van der Waals surface area contributed by atoms with Crippen molar-refractivity contribution in [1.29, 1.82) is 0 Å². The summed E-state index contributed by atoms with van der Waals surface area (Å²) < 4.78 is 5.28. The van der Waals surface area contributed by atoms with E-state index in [1.807, 2.05) is 24.3 Å².